The summed E-state index contributed by atoms with van der Waals surface area (Å²) in [6.07, 6.45) is 7.47. The molecule has 7 nitrogen and oxygen atoms in total. The molecule has 1 aromatic heterocycles. The molecular formula is C25H30N4O3. The third-order valence-electron chi connectivity index (χ3n) is 7.20. The van der Waals surface area contributed by atoms with Crippen molar-refractivity contribution in [3.63, 3.8) is 0 Å². The van der Waals surface area contributed by atoms with Gasteiger partial charge in [-0.1, -0.05) is 31.0 Å². The predicted octanol–water partition coefficient (Wildman–Crippen LogP) is 3.21. The molecule has 1 atom stereocenters. The van der Waals surface area contributed by atoms with E-state index in [9.17, 15) is 14.4 Å². The Hall–Kier alpha value is -2.96. The van der Waals surface area contributed by atoms with Crippen LogP contribution < -0.4 is 5.56 Å². The van der Waals surface area contributed by atoms with Crippen molar-refractivity contribution in [2.24, 2.45) is 5.92 Å². The molecule has 0 unspecified atom stereocenters. The number of benzene rings is 1. The van der Waals surface area contributed by atoms with Crippen LogP contribution >= 0.6 is 0 Å². The highest BCUT2D eigenvalue weighted by Gasteiger charge is 2.34. The molecule has 1 saturated heterocycles. The Morgan fingerprint density at radius 1 is 0.969 bits per heavy atom. The van der Waals surface area contributed by atoms with Crippen LogP contribution in [0.2, 0.25) is 0 Å². The molecule has 0 spiro atoms. The number of hydrogen-bond acceptors (Lipinski definition) is 4. The second-order valence-corrected chi connectivity index (χ2v) is 9.24. The number of carbonyl (C=O) groups is 2. The van der Waals surface area contributed by atoms with Gasteiger partial charge in [0.2, 0.25) is 5.91 Å². The molecule has 3 aliphatic rings. The average Bonchev–Trinajstić information content (AvgIpc) is 3.38. The fourth-order valence-corrected chi connectivity index (χ4v) is 5.43. The summed E-state index contributed by atoms with van der Waals surface area (Å²) in [5.74, 6) is 0.850. The van der Waals surface area contributed by atoms with Gasteiger partial charge >= 0.3 is 0 Å². The standard InChI is InChI=1S/C25H30N4O3/c30-23-19-16-28(24(31)17-10-4-5-11-17)15-13-20(19)26-22(27-23)21-12-6-7-14-29(21)25(32)18-8-2-1-3-9-18/h1-3,8-9,17,21H,4-7,10-16H2,(H,26,27,30)/t21-/m0/s1. The number of piperidine rings is 1. The third-order valence-corrected chi connectivity index (χ3v) is 7.20. The summed E-state index contributed by atoms with van der Waals surface area (Å²) in [6.45, 7) is 1.60. The number of H-pyrrole nitrogens is 1. The quantitative estimate of drug-likeness (QED) is 0.804. The Morgan fingerprint density at radius 2 is 1.72 bits per heavy atom. The third kappa shape index (κ3) is 3.96. The lowest BCUT2D eigenvalue weighted by atomic mass is 9.98. The molecule has 0 radical (unpaired) electrons. The zero-order chi connectivity index (χ0) is 22.1. The molecule has 1 saturated carbocycles. The SMILES string of the molecule is O=C(C1CCCC1)N1CCc2nc([C@@H]3CCCCN3C(=O)c3ccccc3)[nH]c(=O)c2C1. The van der Waals surface area contributed by atoms with E-state index in [0.717, 1.165) is 50.6 Å². The number of nitrogens with zero attached hydrogens (tertiary/aromatic N) is 3. The van der Waals surface area contributed by atoms with Gasteiger partial charge in [0.1, 0.15) is 5.82 Å². The molecule has 7 heteroatoms. The lowest BCUT2D eigenvalue weighted by molar-refractivity contribution is -0.136. The molecule has 32 heavy (non-hydrogen) atoms. The molecule has 2 amide bonds. The summed E-state index contributed by atoms with van der Waals surface area (Å²) < 4.78 is 0. The smallest absolute Gasteiger partial charge is 0.256 e. The normalized spacial score (nSPS) is 21.4. The molecule has 0 bridgehead atoms. The van der Waals surface area contributed by atoms with Crippen LogP contribution in [0.3, 0.4) is 0 Å². The van der Waals surface area contributed by atoms with Crippen LogP contribution in [0.1, 0.15) is 78.4 Å². The molecule has 1 aliphatic carbocycles. The van der Waals surface area contributed by atoms with Crippen LogP contribution in [-0.2, 0) is 17.8 Å². The lowest BCUT2D eigenvalue weighted by Crippen LogP contribution is -2.43. The highest BCUT2D eigenvalue weighted by atomic mass is 16.2. The summed E-state index contributed by atoms with van der Waals surface area (Å²) in [5.41, 5.74) is 1.85. The molecule has 2 aliphatic heterocycles. The van der Waals surface area contributed by atoms with Crippen LogP contribution in [0.15, 0.2) is 35.1 Å². The molecule has 1 N–H and O–H groups in total. The molecular weight excluding hydrogens is 404 g/mol. The number of fused-ring (bicyclic) bond motifs is 1. The van der Waals surface area contributed by atoms with E-state index < -0.39 is 0 Å². The van der Waals surface area contributed by atoms with E-state index in [1.54, 1.807) is 0 Å². The molecule has 3 heterocycles. The molecule has 168 valence electrons. The van der Waals surface area contributed by atoms with E-state index in [4.69, 9.17) is 4.98 Å². The Morgan fingerprint density at radius 3 is 2.50 bits per heavy atom. The fraction of sp³-hybridized carbons (Fsp3) is 0.520. The zero-order valence-electron chi connectivity index (χ0n) is 18.4. The summed E-state index contributed by atoms with van der Waals surface area (Å²) in [7, 11) is 0. The molecule has 2 fully saturated rings. The van der Waals surface area contributed by atoms with Crippen molar-refractivity contribution in [1.29, 1.82) is 0 Å². The van der Waals surface area contributed by atoms with E-state index >= 15 is 0 Å². The van der Waals surface area contributed by atoms with Crippen molar-refractivity contribution < 1.29 is 9.59 Å². The first-order valence-corrected chi connectivity index (χ1v) is 11.9. The van der Waals surface area contributed by atoms with E-state index in [1.165, 1.54) is 0 Å². The van der Waals surface area contributed by atoms with Gasteiger partial charge in [0.25, 0.3) is 11.5 Å². The van der Waals surface area contributed by atoms with Crippen LogP contribution in [0.4, 0.5) is 0 Å². The minimum absolute atomic E-state index is 0.0241. The second kappa shape index (κ2) is 8.88. The van der Waals surface area contributed by atoms with Crippen LogP contribution in [0.5, 0.6) is 0 Å². The first-order chi connectivity index (χ1) is 15.6. The minimum atomic E-state index is -0.229. The van der Waals surface area contributed by atoms with Crippen molar-refractivity contribution in [2.75, 3.05) is 13.1 Å². The van der Waals surface area contributed by atoms with E-state index in [2.05, 4.69) is 4.98 Å². The second-order valence-electron chi connectivity index (χ2n) is 9.24. The minimum Gasteiger partial charge on any atom is -0.337 e. The predicted molar refractivity (Wildman–Crippen MR) is 120 cm³/mol. The Balaban J connectivity index is 1.39. The van der Waals surface area contributed by atoms with E-state index in [1.807, 2.05) is 40.1 Å². The van der Waals surface area contributed by atoms with Gasteiger partial charge in [-0.05, 0) is 44.2 Å². The molecule has 5 rings (SSSR count). The van der Waals surface area contributed by atoms with Crippen LogP contribution in [-0.4, -0.2) is 44.7 Å². The van der Waals surface area contributed by atoms with Crippen molar-refractivity contribution in [3.8, 4) is 0 Å². The first-order valence-electron chi connectivity index (χ1n) is 11.9. The topological polar surface area (TPSA) is 86.4 Å². The number of hydrogen-bond donors (Lipinski definition) is 1. The first kappa shape index (κ1) is 20.9. The van der Waals surface area contributed by atoms with E-state index in [-0.39, 0.29) is 29.3 Å². The summed E-state index contributed by atoms with van der Waals surface area (Å²) in [6, 6.07) is 9.05. The number of rotatable bonds is 3. The Kier molecular flexibility index (Phi) is 5.81. The number of amides is 2. The van der Waals surface area contributed by atoms with Crippen molar-refractivity contribution in [1.82, 2.24) is 19.8 Å². The van der Waals surface area contributed by atoms with Gasteiger partial charge in [-0.25, -0.2) is 4.98 Å². The number of carbonyl (C=O) groups excluding carboxylic acids is 2. The average molecular weight is 435 g/mol. The van der Waals surface area contributed by atoms with Gasteiger partial charge in [0.15, 0.2) is 0 Å². The van der Waals surface area contributed by atoms with Gasteiger partial charge in [0.05, 0.1) is 23.8 Å². The monoisotopic (exact) mass is 434 g/mol. The summed E-state index contributed by atoms with van der Waals surface area (Å²) in [4.78, 5) is 50.5. The maximum Gasteiger partial charge on any atom is 0.256 e. The fourth-order valence-electron chi connectivity index (χ4n) is 5.43. The number of aromatic nitrogens is 2. The Bertz CT molecular complexity index is 1060. The molecule has 1 aromatic carbocycles. The van der Waals surface area contributed by atoms with Gasteiger partial charge in [0, 0.05) is 31.0 Å². The van der Waals surface area contributed by atoms with Gasteiger partial charge in [-0.15, -0.1) is 0 Å². The lowest BCUT2D eigenvalue weighted by Gasteiger charge is -2.36. The zero-order valence-corrected chi connectivity index (χ0v) is 18.4. The number of nitrogens with one attached hydrogen (secondary N) is 1. The van der Waals surface area contributed by atoms with Gasteiger partial charge in [-0.3, -0.25) is 14.4 Å². The number of likely N-dealkylation sites (tertiary alicyclic amines) is 1. The maximum atomic E-state index is 13.2. The summed E-state index contributed by atoms with van der Waals surface area (Å²) in [5, 5.41) is 0. The largest absolute Gasteiger partial charge is 0.337 e. The van der Waals surface area contributed by atoms with Crippen molar-refractivity contribution in [2.45, 2.75) is 64.0 Å². The van der Waals surface area contributed by atoms with Crippen LogP contribution in [0.25, 0.3) is 0 Å². The van der Waals surface area contributed by atoms with Crippen molar-refractivity contribution >= 4 is 11.8 Å². The van der Waals surface area contributed by atoms with Crippen LogP contribution in [0, 0.1) is 5.92 Å². The molecule has 2 aromatic rings. The van der Waals surface area contributed by atoms with Gasteiger partial charge < -0.3 is 14.8 Å². The van der Waals surface area contributed by atoms with Gasteiger partial charge in [-0.2, -0.15) is 0 Å². The summed E-state index contributed by atoms with van der Waals surface area (Å²) >= 11 is 0. The Labute approximate surface area is 187 Å². The highest BCUT2D eigenvalue weighted by Crippen LogP contribution is 2.31. The highest BCUT2D eigenvalue weighted by molar-refractivity contribution is 5.94. The van der Waals surface area contributed by atoms with E-state index in [0.29, 0.717) is 43.0 Å². The van der Waals surface area contributed by atoms with Crippen molar-refractivity contribution in [3.05, 3.63) is 63.3 Å². The maximum absolute atomic E-state index is 13.2. The number of aromatic amines is 1.